The third-order valence-electron chi connectivity index (χ3n) is 2.70. The van der Waals surface area contributed by atoms with E-state index < -0.39 is 11.9 Å². The number of nitrogens with two attached hydrogens (primary N) is 2. The summed E-state index contributed by atoms with van der Waals surface area (Å²) in [6, 6.07) is 16.2. The molecule has 5 N–H and O–H groups in total. The summed E-state index contributed by atoms with van der Waals surface area (Å²) >= 11 is 0. The lowest BCUT2D eigenvalue weighted by molar-refractivity contribution is -0.118. The van der Waals surface area contributed by atoms with E-state index in [0.29, 0.717) is 5.75 Å². The van der Waals surface area contributed by atoms with Crippen molar-refractivity contribution >= 4 is 11.6 Å². The molecule has 0 aliphatic rings. The van der Waals surface area contributed by atoms with Crippen LogP contribution >= 0.6 is 0 Å². The predicted molar refractivity (Wildman–Crippen MR) is 78.6 cm³/mol. The van der Waals surface area contributed by atoms with Gasteiger partial charge in [-0.1, -0.05) is 24.3 Å². The van der Waals surface area contributed by atoms with E-state index in [1.165, 1.54) is 0 Å². The van der Waals surface area contributed by atoms with Gasteiger partial charge in [0.2, 0.25) is 5.91 Å². The molecule has 0 aliphatic heterocycles. The Kier molecular flexibility index (Phi) is 4.57. The smallest absolute Gasteiger partial charge is 0.236 e. The number of ether oxygens (including phenoxy) is 1. The third-order valence-corrected chi connectivity index (χ3v) is 2.70. The molecule has 0 saturated heterocycles. The molecule has 0 radical (unpaired) electrons. The maximum absolute atomic E-state index is 10.9. The highest BCUT2D eigenvalue weighted by atomic mass is 16.5. The lowest BCUT2D eigenvalue weighted by Crippen LogP contribution is -2.41. The molecular formula is C15H17N3O2. The molecular weight excluding hydrogens is 254 g/mol. The third kappa shape index (κ3) is 4.00. The number of anilines is 1. The zero-order valence-corrected chi connectivity index (χ0v) is 11.0. The second kappa shape index (κ2) is 6.58. The Labute approximate surface area is 117 Å². The van der Waals surface area contributed by atoms with Crippen molar-refractivity contribution in [2.45, 2.75) is 6.04 Å². The van der Waals surface area contributed by atoms with E-state index in [1.54, 1.807) is 0 Å². The van der Waals surface area contributed by atoms with E-state index in [2.05, 4.69) is 5.32 Å². The molecule has 0 heterocycles. The minimum absolute atomic E-state index is 0.282. The fraction of sp³-hybridized carbons (Fsp3) is 0.133. The van der Waals surface area contributed by atoms with Crippen LogP contribution in [0.2, 0.25) is 0 Å². The number of carbonyl (C=O) groups excluding carboxylic acids is 1. The molecule has 0 bridgehead atoms. The molecule has 0 aliphatic carbocycles. The van der Waals surface area contributed by atoms with Crippen molar-refractivity contribution in [3.05, 3.63) is 54.6 Å². The first kappa shape index (κ1) is 13.9. The Morgan fingerprint density at radius 1 is 1.10 bits per heavy atom. The van der Waals surface area contributed by atoms with Gasteiger partial charge in [-0.25, -0.2) is 0 Å². The summed E-state index contributed by atoms with van der Waals surface area (Å²) in [5.41, 5.74) is 11.5. The van der Waals surface area contributed by atoms with Crippen LogP contribution in [0.1, 0.15) is 0 Å². The SMILES string of the molecule is NC(=O)C(N)CNc1cccc(Oc2ccccc2)c1. The Hall–Kier alpha value is -2.53. The molecule has 0 aromatic heterocycles. The van der Waals surface area contributed by atoms with Gasteiger partial charge in [0, 0.05) is 18.3 Å². The minimum atomic E-state index is -0.714. The summed E-state index contributed by atoms with van der Waals surface area (Å²) in [5.74, 6) is 0.932. The van der Waals surface area contributed by atoms with Gasteiger partial charge in [-0.2, -0.15) is 0 Å². The highest BCUT2D eigenvalue weighted by molar-refractivity contribution is 5.80. The van der Waals surface area contributed by atoms with Gasteiger partial charge in [0.1, 0.15) is 17.5 Å². The van der Waals surface area contributed by atoms with Crippen LogP contribution in [-0.2, 0) is 4.79 Å². The van der Waals surface area contributed by atoms with Crippen LogP contribution in [0.3, 0.4) is 0 Å². The number of carbonyl (C=O) groups is 1. The number of hydrogen-bond acceptors (Lipinski definition) is 4. The van der Waals surface area contributed by atoms with E-state index in [1.807, 2.05) is 54.6 Å². The summed E-state index contributed by atoms with van der Waals surface area (Å²) < 4.78 is 5.71. The summed E-state index contributed by atoms with van der Waals surface area (Å²) in [6.45, 7) is 0.282. The van der Waals surface area contributed by atoms with Crippen molar-refractivity contribution < 1.29 is 9.53 Å². The zero-order chi connectivity index (χ0) is 14.4. The molecule has 1 amide bonds. The second-order valence-corrected chi connectivity index (χ2v) is 4.33. The van der Waals surface area contributed by atoms with Crippen LogP contribution in [0.15, 0.2) is 54.6 Å². The van der Waals surface area contributed by atoms with Gasteiger partial charge in [-0.3, -0.25) is 4.79 Å². The molecule has 1 unspecified atom stereocenters. The average molecular weight is 271 g/mol. The van der Waals surface area contributed by atoms with Crippen LogP contribution in [0.25, 0.3) is 0 Å². The van der Waals surface area contributed by atoms with Gasteiger partial charge in [0.25, 0.3) is 0 Å². The quantitative estimate of drug-likeness (QED) is 0.746. The maximum Gasteiger partial charge on any atom is 0.236 e. The van der Waals surface area contributed by atoms with Crippen molar-refractivity contribution in [2.24, 2.45) is 11.5 Å². The molecule has 0 saturated carbocycles. The Morgan fingerprint density at radius 2 is 1.80 bits per heavy atom. The largest absolute Gasteiger partial charge is 0.457 e. The number of hydrogen-bond donors (Lipinski definition) is 3. The highest BCUT2D eigenvalue weighted by Crippen LogP contribution is 2.23. The Bertz CT molecular complexity index is 572. The fourth-order valence-corrected chi connectivity index (χ4v) is 1.62. The summed E-state index contributed by atoms with van der Waals surface area (Å²) in [4.78, 5) is 10.9. The van der Waals surface area contributed by atoms with E-state index in [9.17, 15) is 4.79 Å². The zero-order valence-electron chi connectivity index (χ0n) is 11.0. The average Bonchev–Trinajstić information content (AvgIpc) is 2.46. The molecule has 2 aromatic carbocycles. The molecule has 0 fully saturated rings. The van der Waals surface area contributed by atoms with E-state index in [0.717, 1.165) is 11.4 Å². The Morgan fingerprint density at radius 3 is 2.50 bits per heavy atom. The van der Waals surface area contributed by atoms with E-state index in [-0.39, 0.29) is 6.54 Å². The van der Waals surface area contributed by atoms with Gasteiger partial charge < -0.3 is 21.5 Å². The number of amides is 1. The number of benzene rings is 2. The topological polar surface area (TPSA) is 90.4 Å². The van der Waals surface area contributed by atoms with Crippen LogP contribution in [0.5, 0.6) is 11.5 Å². The normalized spacial score (nSPS) is 11.7. The monoisotopic (exact) mass is 271 g/mol. The molecule has 20 heavy (non-hydrogen) atoms. The van der Waals surface area contributed by atoms with Crippen LogP contribution in [0, 0.1) is 0 Å². The van der Waals surface area contributed by atoms with E-state index >= 15 is 0 Å². The van der Waals surface area contributed by atoms with Crippen molar-refractivity contribution in [2.75, 3.05) is 11.9 Å². The fourth-order valence-electron chi connectivity index (χ4n) is 1.62. The predicted octanol–water partition coefficient (Wildman–Crippen LogP) is 1.70. The molecule has 5 nitrogen and oxygen atoms in total. The van der Waals surface area contributed by atoms with Gasteiger partial charge in [0.05, 0.1) is 0 Å². The van der Waals surface area contributed by atoms with Gasteiger partial charge in [-0.05, 0) is 24.3 Å². The van der Waals surface area contributed by atoms with Gasteiger partial charge in [-0.15, -0.1) is 0 Å². The summed E-state index contributed by atoms with van der Waals surface area (Å²) in [7, 11) is 0. The maximum atomic E-state index is 10.9. The standard InChI is InChI=1S/C15H17N3O2/c16-14(15(17)19)10-18-11-5-4-8-13(9-11)20-12-6-2-1-3-7-12/h1-9,14,18H,10,16H2,(H2,17,19). The van der Waals surface area contributed by atoms with Crippen molar-refractivity contribution in [3.8, 4) is 11.5 Å². The van der Waals surface area contributed by atoms with Gasteiger partial charge in [0.15, 0.2) is 0 Å². The van der Waals surface area contributed by atoms with Crippen LogP contribution < -0.4 is 21.5 Å². The number of primary amides is 1. The molecule has 2 aromatic rings. The number of para-hydroxylation sites is 1. The van der Waals surface area contributed by atoms with E-state index in [4.69, 9.17) is 16.2 Å². The van der Waals surface area contributed by atoms with Crippen molar-refractivity contribution in [1.82, 2.24) is 0 Å². The summed E-state index contributed by atoms with van der Waals surface area (Å²) in [6.07, 6.45) is 0. The first-order valence-corrected chi connectivity index (χ1v) is 6.27. The summed E-state index contributed by atoms with van der Waals surface area (Å²) in [5, 5.41) is 3.05. The lowest BCUT2D eigenvalue weighted by atomic mass is 10.2. The highest BCUT2D eigenvalue weighted by Gasteiger charge is 2.08. The molecule has 2 rings (SSSR count). The minimum Gasteiger partial charge on any atom is -0.457 e. The van der Waals surface area contributed by atoms with Crippen LogP contribution in [-0.4, -0.2) is 18.5 Å². The Balaban J connectivity index is 1.99. The second-order valence-electron chi connectivity index (χ2n) is 4.33. The van der Waals surface area contributed by atoms with Crippen LogP contribution in [0.4, 0.5) is 5.69 Å². The first-order chi connectivity index (χ1) is 9.65. The number of rotatable bonds is 6. The number of nitrogens with one attached hydrogen (secondary N) is 1. The molecule has 0 spiro atoms. The van der Waals surface area contributed by atoms with Crippen molar-refractivity contribution in [1.29, 1.82) is 0 Å². The van der Waals surface area contributed by atoms with Crippen molar-refractivity contribution in [3.63, 3.8) is 0 Å². The molecule has 104 valence electrons. The molecule has 5 heteroatoms. The lowest BCUT2D eigenvalue weighted by Gasteiger charge is -2.12. The first-order valence-electron chi connectivity index (χ1n) is 6.27. The molecule has 1 atom stereocenters. The van der Waals surface area contributed by atoms with Gasteiger partial charge >= 0.3 is 0 Å².